The molecule has 0 unspecified atom stereocenters. The Bertz CT molecular complexity index is 674. The van der Waals surface area contributed by atoms with Crippen molar-refractivity contribution in [1.82, 2.24) is 10.2 Å². The van der Waals surface area contributed by atoms with E-state index in [9.17, 15) is 14.4 Å². The zero-order chi connectivity index (χ0) is 21.1. The number of hydrogen-bond donors (Lipinski definition) is 1. The van der Waals surface area contributed by atoms with Crippen LogP contribution in [0.4, 0.5) is 0 Å². The van der Waals surface area contributed by atoms with Gasteiger partial charge in [-0.2, -0.15) is 0 Å². The molecule has 1 saturated heterocycles. The molecule has 1 aromatic rings. The molecular weight excluding hydrogens is 372 g/mol. The predicted molar refractivity (Wildman–Crippen MR) is 110 cm³/mol. The predicted octanol–water partition coefficient (Wildman–Crippen LogP) is 2.93. The molecule has 1 atom stereocenters. The minimum atomic E-state index is -0.852. The van der Waals surface area contributed by atoms with Crippen LogP contribution in [0.3, 0.4) is 0 Å². The van der Waals surface area contributed by atoms with Crippen molar-refractivity contribution in [1.29, 1.82) is 0 Å². The first kappa shape index (κ1) is 22.7. The highest BCUT2D eigenvalue weighted by molar-refractivity contribution is 5.99. The lowest BCUT2D eigenvalue weighted by atomic mass is 10.1. The second-order valence-electron chi connectivity index (χ2n) is 7.16. The van der Waals surface area contributed by atoms with Crippen molar-refractivity contribution in [2.75, 3.05) is 26.3 Å². The van der Waals surface area contributed by atoms with Gasteiger partial charge in [-0.3, -0.25) is 14.4 Å². The van der Waals surface area contributed by atoms with E-state index >= 15 is 0 Å². The molecule has 7 nitrogen and oxygen atoms in total. The van der Waals surface area contributed by atoms with Gasteiger partial charge in [-0.25, -0.2) is 0 Å². The van der Waals surface area contributed by atoms with Crippen LogP contribution >= 0.6 is 0 Å². The molecule has 2 rings (SSSR count). The maximum absolute atomic E-state index is 13.0. The molecule has 0 bridgehead atoms. The molecular formula is C22H32N2O5. The number of nitrogens with zero attached hydrogens (tertiary/aromatic N) is 1. The lowest BCUT2D eigenvalue weighted by Crippen LogP contribution is -2.57. The first-order valence-corrected chi connectivity index (χ1v) is 10.5. The minimum Gasteiger partial charge on any atom is -0.494 e. The number of esters is 1. The van der Waals surface area contributed by atoms with Crippen molar-refractivity contribution in [2.45, 2.75) is 58.4 Å². The quantitative estimate of drug-likeness (QED) is 0.453. The summed E-state index contributed by atoms with van der Waals surface area (Å²) in [7, 11) is 0. The van der Waals surface area contributed by atoms with Gasteiger partial charge in [0.1, 0.15) is 11.8 Å². The van der Waals surface area contributed by atoms with Crippen molar-refractivity contribution in [3.05, 3.63) is 29.8 Å². The lowest BCUT2D eigenvalue weighted by molar-refractivity contribution is -0.147. The lowest BCUT2D eigenvalue weighted by Gasteiger charge is -2.34. The SMILES string of the molecule is CCCCCOc1ccc(C(=O)N2CCNC(=O)[C@H]2CC(=O)OCCCC)cc1. The van der Waals surface area contributed by atoms with Crippen molar-refractivity contribution in [3.8, 4) is 5.75 Å². The van der Waals surface area contributed by atoms with E-state index in [0.717, 1.165) is 32.1 Å². The summed E-state index contributed by atoms with van der Waals surface area (Å²) in [5, 5.41) is 2.72. The standard InChI is InChI=1S/C22H32N2O5/c1-3-5-7-15-28-18-10-8-17(9-11-18)22(27)24-13-12-23-21(26)19(24)16-20(25)29-14-6-4-2/h8-11,19H,3-7,12-16H2,1-2H3,(H,23,26)/t19-/m1/s1. The highest BCUT2D eigenvalue weighted by Gasteiger charge is 2.35. The summed E-state index contributed by atoms with van der Waals surface area (Å²) in [6.07, 6.45) is 4.80. The molecule has 1 N–H and O–H groups in total. The van der Waals surface area contributed by atoms with Gasteiger partial charge < -0.3 is 19.7 Å². The summed E-state index contributed by atoms with van der Waals surface area (Å²) in [4.78, 5) is 38.8. The number of unbranched alkanes of at least 4 members (excludes halogenated alkanes) is 3. The van der Waals surface area contributed by atoms with Crippen molar-refractivity contribution in [3.63, 3.8) is 0 Å². The normalized spacial score (nSPS) is 16.3. The summed E-state index contributed by atoms with van der Waals surface area (Å²) in [5.41, 5.74) is 0.463. The summed E-state index contributed by atoms with van der Waals surface area (Å²) in [6, 6.07) is 6.06. The Kier molecular flexibility index (Phi) is 9.47. The first-order valence-electron chi connectivity index (χ1n) is 10.5. The molecule has 7 heteroatoms. The van der Waals surface area contributed by atoms with E-state index in [0.29, 0.717) is 37.6 Å². The van der Waals surface area contributed by atoms with Crippen LogP contribution in [0.5, 0.6) is 5.75 Å². The molecule has 1 aliphatic rings. The van der Waals surface area contributed by atoms with Crippen LogP contribution in [0.1, 0.15) is 62.7 Å². The Morgan fingerprint density at radius 1 is 1.07 bits per heavy atom. The van der Waals surface area contributed by atoms with Gasteiger partial charge in [0, 0.05) is 18.7 Å². The number of benzene rings is 1. The van der Waals surface area contributed by atoms with Gasteiger partial charge in [0.25, 0.3) is 5.91 Å². The molecule has 0 radical (unpaired) electrons. The second-order valence-corrected chi connectivity index (χ2v) is 7.16. The van der Waals surface area contributed by atoms with Crippen LogP contribution in [-0.4, -0.2) is 55.0 Å². The molecule has 0 spiro atoms. The summed E-state index contributed by atoms with van der Waals surface area (Å²) < 4.78 is 10.8. The number of rotatable bonds is 11. The van der Waals surface area contributed by atoms with E-state index in [1.54, 1.807) is 24.3 Å². The highest BCUT2D eigenvalue weighted by Crippen LogP contribution is 2.18. The molecule has 1 fully saturated rings. The van der Waals surface area contributed by atoms with Gasteiger partial charge in [-0.15, -0.1) is 0 Å². The van der Waals surface area contributed by atoms with Crippen LogP contribution in [0.15, 0.2) is 24.3 Å². The number of hydrogen-bond acceptors (Lipinski definition) is 5. The van der Waals surface area contributed by atoms with Gasteiger partial charge in [-0.05, 0) is 37.1 Å². The van der Waals surface area contributed by atoms with Crippen molar-refractivity contribution >= 4 is 17.8 Å². The Hall–Kier alpha value is -2.57. The third-order valence-electron chi connectivity index (χ3n) is 4.83. The fourth-order valence-electron chi connectivity index (χ4n) is 3.11. The molecule has 0 saturated carbocycles. The van der Waals surface area contributed by atoms with Crippen LogP contribution in [0, 0.1) is 0 Å². The van der Waals surface area contributed by atoms with E-state index in [1.165, 1.54) is 4.90 Å². The van der Waals surface area contributed by atoms with Gasteiger partial charge >= 0.3 is 5.97 Å². The molecule has 2 amide bonds. The average Bonchev–Trinajstić information content (AvgIpc) is 2.73. The molecule has 1 heterocycles. The zero-order valence-corrected chi connectivity index (χ0v) is 17.4. The van der Waals surface area contributed by atoms with E-state index in [1.807, 2.05) is 6.92 Å². The largest absolute Gasteiger partial charge is 0.494 e. The van der Waals surface area contributed by atoms with Gasteiger partial charge in [0.05, 0.1) is 19.6 Å². The van der Waals surface area contributed by atoms with Crippen LogP contribution in [0.2, 0.25) is 0 Å². The summed E-state index contributed by atoms with van der Waals surface area (Å²) >= 11 is 0. The first-order chi connectivity index (χ1) is 14.1. The fourth-order valence-corrected chi connectivity index (χ4v) is 3.11. The van der Waals surface area contributed by atoms with E-state index in [4.69, 9.17) is 9.47 Å². The highest BCUT2D eigenvalue weighted by atomic mass is 16.5. The van der Waals surface area contributed by atoms with Crippen LogP contribution in [0.25, 0.3) is 0 Å². The Morgan fingerprint density at radius 2 is 1.79 bits per heavy atom. The van der Waals surface area contributed by atoms with E-state index in [-0.39, 0.29) is 18.2 Å². The van der Waals surface area contributed by atoms with Gasteiger partial charge in [0.15, 0.2) is 0 Å². The topological polar surface area (TPSA) is 84.9 Å². The number of piperazine rings is 1. The molecule has 1 aromatic carbocycles. The van der Waals surface area contributed by atoms with E-state index < -0.39 is 12.0 Å². The smallest absolute Gasteiger partial charge is 0.308 e. The number of carbonyl (C=O) groups excluding carboxylic acids is 3. The number of nitrogens with one attached hydrogen (secondary N) is 1. The number of ether oxygens (including phenoxy) is 2. The maximum Gasteiger partial charge on any atom is 0.308 e. The molecule has 160 valence electrons. The van der Waals surface area contributed by atoms with E-state index in [2.05, 4.69) is 12.2 Å². The fraction of sp³-hybridized carbons (Fsp3) is 0.591. The summed E-state index contributed by atoms with van der Waals surface area (Å²) in [5.74, 6) is -0.351. The Morgan fingerprint density at radius 3 is 2.48 bits per heavy atom. The third-order valence-corrected chi connectivity index (χ3v) is 4.83. The molecule has 29 heavy (non-hydrogen) atoms. The molecule has 1 aliphatic heterocycles. The Labute approximate surface area is 172 Å². The minimum absolute atomic E-state index is 0.139. The van der Waals surface area contributed by atoms with Crippen LogP contribution in [-0.2, 0) is 14.3 Å². The monoisotopic (exact) mass is 404 g/mol. The summed E-state index contributed by atoms with van der Waals surface area (Å²) in [6.45, 7) is 5.84. The van der Waals surface area contributed by atoms with Gasteiger partial charge in [0.2, 0.25) is 5.91 Å². The second kappa shape index (κ2) is 12.1. The zero-order valence-electron chi connectivity index (χ0n) is 17.4. The maximum atomic E-state index is 13.0. The van der Waals surface area contributed by atoms with Crippen molar-refractivity contribution in [2.24, 2.45) is 0 Å². The number of amides is 2. The van der Waals surface area contributed by atoms with Gasteiger partial charge in [-0.1, -0.05) is 33.1 Å². The molecule has 0 aliphatic carbocycles. The third kappa shape index (κ3) is 7.07. The number of carbonyl (C=O) groups is 3. The average molecular weight is 405 g/mol. The molecule has 0 aromatic heterocycles. The van der Waals surface area contributed by atoms with Crippen LogP contribution < -0.4 is 10.1 Å². The Balaban J connectivity index is 1.98. The van der Waals surface area contributed by atoms with Crippen molar-refractivity contribution < 1.29 is 23.9 Å².